The first-order valence-electron chi connectivity index (χ1n) is 9.80. The molecule has 1 N–H and O–H groups in total. The number of para-hydroxylation sites is 2. The Kier molecular flexibility index (Phi) is 5.94. The Hall–Kier alpha value is -2.86. The highest BCUT2D eigenvalue weighted by molar-refractivity contribution is 6.14. The lowest BCUT2D eigenvalue weighted by molar-refractivity contribution is -0.128. The molecule has 1 saturated heterocycles. The number of ether oxygens (including phenoxy) is 1. The molecule has 0 aromatic heterocycles. The summed E-state index contributed by atoms with van der Waals surface area (Å²) < 4.78 is 5.83. The summed E-state index contributed by atoms with van der Waals surface area (Å²) in [4.78, 5) is 28.0. The maximum absolute atomic E-state index is 12.8. The number of urea groups is 1. The highest BCUT2D eigenvalue weighted by atomic mass is 16.5. The molecular formula is C23H28N2O4. The van der Waals surface area contributed by atoms with E-state index in [0.717, 1.165) is 10.5 Å². The van der Waals surface area contributed by atoms with Gasteiger partial charge in [-0.2, -0.15) is 0 Å². The van der Waals surface area contributed by atoms with Crippen LogP contribution in [0.15, 0.2) is 54.6 Å². The van der Waals surface area contributed by atoms with Crippen molar-refractivity contribution in [1.82, 2.24) is 4.90 Å². The van der Waals surface area contributed by atoms with Crippen molar-refractivity contribution in [3.05, 3.63) is 60.2 Å². The summed E-state index contributed by atoms with van der Waals surface area (Å²) in [6.07, 6.45) is -0.987. The molecule has 0 saturated carbocycles. The molecule has 3 rings (SSSR count). The van der Waals surface area contributed by atoms with Crippen LogP contribution < -0.4 is 9.64 Å². The molecule has 3 amide bonds. The zero-order valence-electron chi connectivity index (χ0n) is 17.3. The minimum atomic E-state index is -0.987. The van der Waals surface area contributed by atoms with Gasteiger partial charge in [-0.15, -0.1) is 0 Å². The number of aliphatic hydroxyl groups excluding tert-OH is 1. The largest absolute Gasteiger partial charge is 0.491 e. The summed E-state index contributed by atoms with van der Waals surface area (Å²) in [6, 6.07) is 15.7. The first kappa shape index (κ1) is 20.9. The van der Waals surface area contributed by atoms with Crippen molar-refractivity contribution in [3.8, 4) is 5.75 Å². The van der Waals surface area contributed by atoms with Crippen molar-refractivity contribution in [1.29, 1.82) is 0 Å². The van der Waals surface area contributed by atoms with E-state index in [1.807, 2.05) is 42.5 Å². The molecule has 6 nitrogen and oxygen atoms in total. The van der Waals surface area contributed by atoms with Gasteiger partial charge in [0.2, 0.25) is 0 Å². The molecular weight excluding hydrogens is 368 g/mol. The maximum atomic E-state index is 12.8. The molecule has 2 unspecified atom stereocenters. The fourth-order valence-electron chi connectivity index (χ4n) is 3.48. The summed E-state index contributed by atoms with van der Waals surface area (Å²) in [5, 5.41) is 10.5. The summed E-state index contributed by atoms with van der Waals surface area (Å²) >= 11 is 0. The quantitative estimate of drug-likeness (QED) is 0.758. The molecule has 0 bridgehead atoms. The third-order valence-corrected chi connectivity index (χ3v) is 5.00. The molecule has 1 fully saturated rings. The van der Waals surface area contributed by atoms with Gasteiger partial charge >= 0.3 is 6.03 Å². The first-order chi connectivity index (χ1) is 13.7. The Morgan fingerprint density at radius 3 is 2.31 bits per heavy atom. The minimum Gasteiger partial charge on any atom is -0.491 e. The number of aliphatic hydroxyl groups is 1. The van der Waals surface area contributed by atoms with Crippen LogP contribution in [0.5, 0.6) is 5.75 Å². The maximum Gasteiger partial charge on any atom is 0.332 e. The van der Waals surface area contributed by atoms with Gasteiger partial charge in [-0.3, -0.25) is 14.6 Å². The van der Waals surface area contributed by atoms with Crippen LogP contribution in [0.25, 0.3) is 0 Å². The van der Waals surface area contributed by atoms with E-state index in [2.05, 4.69) is 20.8 Å². The first-order valence-corrected chi connectivity index (χ1v) is 9.80. The van der Waals surface area contributed by atoms with Crippen molar-refractivity contribution in [2.24, 2.45) is 0 Å². The molecule has 2 atom stereocenters. The molecule has 2 aromatic carbocycles. The molecule has 1 heterocycles. The van der Waals surface area contributed by atoms with E-state index in [9.17, 15) is 14.7 Å². The van der Waals surface area contributed by atoms with Gasteiger partial charge in [-0.1, -0.05) is 57.2 Å². The van der Waals surface area contributed by atoms with Crippen LogP contribution >= 0.6 is 0 Å². The predicted octanol–water partition coefficient (Wildman–Crippen LogP) is 3.58. The third-order valence-electron chi connectivity index (χ3n) is 5.00. The van der Waals surface area contributed by atoms with Crippen LogP contribution in [0.2, 0.25) is 0 Å². The van der Waals surface area contributed by atoms with Gasteiger partial charge in [0, 0.05) is 5.69 Å². The van der Waals surface area contributed by atoms with E-state index in [1.165, 1.54) is 4.90 Å². The fraction of sp³-hybridized carbons (Fsp3) is 0.391. The normalized spacial score (nSPS) is 18.3. The second-order valence-corrected chi connectivity index (χ2v) is 8.32. The molecule has 2 aromatic rings. The number of β-amino-alcohol motifs (C(OH)–C–C–N with tert-alkyl or cyclic N) is 1. The number of carbonyl (C=O) groups is 2. The SMILES string of the molecule is CC1C(=O)N(CC(O)COc2ccccc2C(C)(C)C)C(=O)N1c1ccccc1. The van der Waals surface area contributed by atoms with E-state index in [0.29, 0.717) is 11.4 Å². The highest BCUT2D eigenvalue weighted by Crippen LogP contribution is 2.31. The number of benzene rings is 2. The van der Waals surface area contributed by atoms with E-state index < -0.39 is 18.2 Å². The molecule has 1 aliphatic heterocycles. The molecule has 154 valence electrons. The Bertz CT molecular complexity index is 876. The lowest BCUT2D eigenvalue weighted by atomic mass is 9.86. The lowest BCUT2D eigenvalue weighted by Crippen LogP contribution is -2.40. The van der Waals surface area contributed by atoms with Crippen LogP contribution in [-0.2, 0) is 10.2 Å². The van der Waals surface area contributed by atoms with Gasteiger partial charge in [0.15, 0.2) is 0 Å². The summed E-state index contributed by atoms with van der Waals surface area (Å²) in [5.41, 5.74) is 1.59. The topological polar surface area (TPSA) is 70.1 Å². The van der Waals surface area contributed by atoms with Gasteiger partial charge in [-0.05, 0) is 36.1 Å². The van der Waals surface area contributed by atoms with Gasteiger partial charge in [0.05, 0.1) is 6.54 Å². The number of anilines is 1. The standard InChI is InChI=1S/C23H28N2O4/c1-16-21(27)24(22(28)25(16)17-10-6-5-7-11-17)14-18(26)15-29-20-13-9-8-12-19(20)23(2,3)4/h5-13,16,18,26H,14-15H2,1-4H3. The summed E-state index contributed by atoms with van der Waals surface area (Å²) in [7, 11) is 0. The molecule has 29 heavy (non-hydrogen) atoms. The predicted molar refractivity (Wildman–Crippen MR) is 112 cm³/mol. The van der Waals surface area contributed by atoms with E-state index >= 15 is 0 Å². The Labute approximate surface area is 171 Å². The third kappa shape index (κ3) is 4.43. The molecule has 0 aliphatic carbocycles. The average molecular weight is 396 g/mol. The zero-order chi connectivity index (χ0) is 21.2. The van der Waals surface area contributed by atoms with Gasteiger partial charge < -0.3 is 9.84 Å². The average Bonchev–Trinajstić information content (AvgIpc) is 2.90. The van der Waals surface area contributed by atoms with Gasteiger partial charge in [-0.25, -0.2) is 4.79 Å². The fourth-order valence-corrected chi connectivity index (χ4v) is 3.48. The molecule has 0 spiro atoms. The number of hydrogen-bond donors (Lipinski definition) is 1. The molecule has 6 heteroatoms. The lowest BCUT2D eigenvalue weighted by Gasteiger charge is -2.24. The van der Waals surface area contributed by atoms with Gasteiger partial charge in [0.1, 0.15) is 24.5 Å². The smallest absolute Gasteiger partial charge is 0.332 e. The van der Waals surface area contributed by atoms with E-state index in [1.54, 1.807) is 19.1 Å². The number of carbonyl (C=O) groups excluding carboxylic acids is 2. The van der Waals surface area contributed by atoms with Crippen molar-refractivity contribution in [3.63, 3.8) is 0 Å². The van der Waals surface area contributed by atoms with Crippen LogP contribution in [0, 0.1) is 0 Å². The van der Waals surface area contributed by atoms with Crippen molar-refractivity contribution >= 4 is 17.6 Å². The van der Waals surface area contributed by atoms with Crippen molar-refractivity contribution in [2.75, 3.05) is 18.1 Å². The van der Waals surface area contributed by atoms with Crippen LogP contribution in [0.1, 0.15) is 33.3 Å². The van der Waals surface area contributed by atoms with Crippen LogP contribution in [-0.4, -0.2) is 47.2 Å². The summed E-state index contributed by atoms with van der Waals surface area (Å²) in [6.45, 7) is 7.84. The number of imide groups is 1. The van der Waals surface area contributed by atoms with Gasteiger partial charge in [0.25, 0.3) is 5.91 Å². The van der Waals surface area contributed by atoms with E-state index in [4.69, 9.17) is 4.74 Å². The number of rotatable bonds is 6. The second kappa shape index (κ2) is 8.25. The van der Waals surface area contributed by atoms with Crippen molar-refractivity contribution < 1.29 is 19.4 Å². The molecule has 1 aliphatic rings. The Morgan fingerprint density at radius 1 is 1.03 bits per heavy atom. The minimum absolute atomic E-state index is 0.0100. The zero-order valence-corrected chi connectivity index (χ0v) is 17.3. The monoisotopic (exact) mass is 396 g/mol. The number of nitrogens with zero attached hydrogens (tertiary/aromatic N) is 2. The second-order valence-electron chi connectivity index (χ2n) is 8.32. The summed E-state index contributed by atoms with van der Waals surface area (Å²) in [5.74, 6) is 0.366. The number of hydrogen-bond acceptors (Lipinski definition) is 4. The van der Waals surface area contributed by atoms with Crippen LogP contribution in [0.4, 0.5) is 10.5 Å². The Balaban J connectivity index is 1.66. The van der Waals surface area contributed by atoms with Crippen molar-refractivity contribution in [2.45, 2.75) is 45.3 Å². The van der Waals surface area contributed by atoms with Crippen LogP contribution in [0.3, 0.4) is 0 Å². The van der Waals surface area contributed by atoms with E-state index in [-0.39, 0.29) is 24.5 Å². The molecule has 0 radical (unpaired) electrons. The highest BCUT2D eigenvalue weighted by Gasteiger charge is 2.43. The number of amides is 3. The Morgan fingerprint density at radius 2 is 1.66 bits per heavy atom.